The highest BCUT2D eigenvalue weighted by molar-refractivity contribution is 5.10. The van der Waals surface area contributed by atoms with Gasteiger partial charge in [0.1, 0.15) is 5.82 Å². The summed E-state index contributed by atoms with van der Waals surface area (Å²) >= 11 is 0. The van der Waals surface area contributed by atoms with Gasteiger partial charge >= 0.3 is 0 Å². The van der Waals surface area contributed by atoms with Crippen LogP contribution in [0.3, 0.4) is 0 Å². The minimum absolute atomic E-state index is 0.321. The molecule has 3 rings (SSSR count). The van der Waals surface area contributed by atoms with Crippen LogP contribution < -0.4 is 0 Å². The zero-order chi connectivity index (χ0) is 15.7. The lowest BCUT2D eigenvalue weighted by Crippen LogP contribution is -2.36. The maximum atomic E-state index is 4.55. The van der Waals surface area contributed by atoms with Crippen molar-refractivity contribution < 1.29 is 0 Å². The molecule has 0 amide bonds. The highest BCUT2D eigenvalue weighted by Gasteiger charge is 2.36. The fourth-order valence-corrected chi connectivity index (χ4v) is 3.24. The van der Waals surface area contributed by atoms with Gasteiger partial charge in [-0.15, -0.1) is 5.10 Å². The monoisotopic (exact) mass is 301 g/mol. The van der Waals surface area contributed by atoms with Gasteiger partial charge in [0.25, 0.3) is 0 Å². The summed E-state index contributed by atoms with van der Waals surface area (Å²) in [5, 5.41) is 8.14. The molecule has 2 aromatic rings. The van der Waals surface area contributed by atoms with E-state index in [1.807, 2.05) is 24.7 Å². The van der Waals surface area contributed by atoms with Gasteiger partial charge in [0.15, 0.2) is 0 Å². The Morgan fingerprint density at radius 3 is 2.68 bits per heavy atom. The predicted molar refractivity (Wildman–Crippen MR) is 83.3 cm³/mol. The lowest BCUT2D eigenvalue weighted by Gasteiger charge is -2.24. The highest BCUT2D eigenvalue weighted by Crippen LogP contribution is 2.25. The van der Waals surface area contributed by atoms with E-state index in [1.165, 1.54) is 0 Å². The van der Waals surface area contributed by atoms with Crippen LogP contribution in [-0.4, -0.2) is 68.0 Å². The summed E-state index contributed by atoms with van der Waals surface area (Å²) in [7, 11) is 4.24. The van der Waals surface area contributed by atoms with Crippen molar-refractivity contribution in [3.8, 4) is 0 Å². The molecule has 3 heterocycles. The van der Waals surface area contributed by atoms with Crippen molar-refractivity contribution in [1.82, 2.24) is 34.8 Å². The fourth-order valence-electron chi connectivity index (χ4n) is 3.24. The topological polar surface area (TPSA) is 63.0 Å². The van der Waals surface area contributed by atoms with Crippen molar-refractivity contribution in [2.75, 3.05) is 27.2 Å². The molecule has 1 aliphatic rings. The van der Waals surface area contributed by atoms with E-state index in [0.717, 1.165) is 36.8 Å². The van der Waals surface area contributed by atoms with Gasteiger partial charge in [-0.1, -0.05) is 5.21 Å². The number of likely N-dealkylation sites (tertiary alicyclic amines) is 1. The average molecular weight is 301 g/mol. The van der Waals surface area contributed by atoms with E-state index in [1.54, 1.807) is 6.20 Å². The standard InChI is InChI=1S/C15H23N7/c1-11-7-13(18-12(2)17-11)8-21-9-14(20(3)4)15(10-21)22-6-5-16-19-22/h5-7,14-15H,8-10H2,1-4H3/t14-,15+/m1/s1. The molecular formula is C15H23N7. The van der Waals surface area contributed by atoms with Crippen molar-refractivity contribution in [2.45, 2.75) is 32.5 Å². The van der Waals surface area contributed by atoms with Crippen LogP contribution in [0, 0.1) is 13.8 Å². The van der Waals surface area contributed by atoms with Gasteiger partial charge in [-0.25, -0.2) is 14.6 Å². The fraction of sp³-hybridized carbons (Fsp3) is 0.600. The summed E-state index contributed by atoms with van der Waals surface area (Å²) in [6, 6.07) is 2.81. The molecule has 0 aromatic carbocycles. The second kappa shape index (κ2) is 6.10. The van der Waals surface area contributed by atoms with Crippen LogP contribution in [0.5, 0.6) is 0 Å². The molecule has 0 radical (unpaired) electrons. The normalized spacial score (nSPS) is 22.6. The van der Waals surface area contributed by atoms with E-state index in [-0.39, 0.29) is 0 Å². The van der Waals surface area contributed by atoms with Gasteiger partial charge in [0, 0.05) is 37.6 Å². The van der Waals surface area contributed by atoms with Crippen LogP contribution in [0.25, 0.3) is 0 Å². The van der Waals surface area contributed by atoms with Crippen LogP contribution in [-0.2, 0) is 6.54 Å². The number of likely N-dealkylation sites (N-methyl/N-ethyl adjacent to an activating group) is 1. The van der Waals surface area contributed by atoms with Gasteiger partial charge < -0.3 is 4.90 Å². The number of hydrogen-bond acceptors (Lipinski definition) is 6. The Hall–Kier alpha value is -1.86. The largest absolute Gasteiger partial charge is 0.303 e. The molecule has 0 unspecified atom stereocenters. The molecule has 0 bridgehead atoms. The number of nitrogens with zero attached hydrogens (tertiary/aromatic N) is 7. The van der Waals surface area contributed by atoms with Crippen LogP contribution in [0.15, 0.2) is 18.5 Å². The third-order valence-electron chi connectivity index (χ3n) is 4.18. The van der Waals surface area contributed by atoms with Gasteiger partial charge in [-0.3, -0.25) is 4.90 Å². The van der Waals surface area contributed by atoms with E-state index < -0.39 is 0 Å². The Morgan fingerprint density at radius 1 is 1.23 bits per heavy atom. The number of aromatic nitrogens is 5. The molecule has 2 atom stereocenters. The molecule has 1 saturated heterocycles. The first-order chi connectivity index (χ1) is 10.5. The summed E-state index contributed by atoms with van der Waals surface area (Å²) in [5.41, 5.74) is 2.11. The van der Waals surface area contributed by atoms with Gasteiger partial charge in [0.2, 0.25) is 0 Å². The Morgan fingerprint density at radius 2 is 2.05 bits per heavy atom. The lowest BCUT2D eigenvalue weighted by atomic mass is 10.1. The van der Waals surface area contributed by atoms with E-state index in [4.69, 9.17) is 0 Å². The minimum Gasteiger partial charge on any atom is -0.303 e. The summed E-state index contributed by atoms with van der Waals surface area (Å²) < 4.78 is 1.97. The SMILES string of the molecule is Cc1cc(CN2C[C@@H](N(C)C)[C@@H](n3ccnn3)C2)nc(C)n1. The van der Waals surface area contributed by atoms with Crippen LogP contribution in [0.4, 0.5) is 0 Å². The van der Waals surface area contributed by atoms with Crippen molar-refractivity contribution in [1.29, 1.82) is 0 Å². The Balaban J connectivity index is 1.76. The van der Waals surface area contributed by atoms with Crippen molar-refractivity contribution >= 4 is 0 Å². The summed E-state index contributed by atoms with van der Waals surface area (Å²) in [6.45, 7) is 6.76. The maximum Gasteiger partial charge on any atom is 0.125 e. The molecule has 7 heteroatoms. The summed E-state index contributed by atoms with van der Waals surface area (Å²) in [5.74, 6) is 0.839. The summed E-state index contributed by atoms with van der Waals surface area (Å²) in [4.78, 5) is 13.6. The Kier molecular flexibility index (Phi) is 4.17. The van der Waals surface area contributed by atoms with E-state index >= 15 is 0 Å². The van der Waals surface area contributed by atoms with Crippen LogP contribution in [0.2, 0.25) is 0 Å². The van der Waals surface area contributed by atoms with E-state index in [2.05, 4.69) is 50.2 Å². The van der Waals surface area contributed by atoms with Crippen LogP contribution >= 0.6 is 0 Å². The summed E-state index contributed by atoms with van der Waals surface area (Å²) in [6.07, 6.45) is 3.69. The number of aryl methyl sites for hydroxylation is 2. The molecule has 118 valence electrons. The molecule has 0 aliphatic carbocycles. The molecule has 0 N–H and O–H groups in total. The second-order valence-corrected chi connectivity index (χ2v) is 6.22. The molecule has 2 aromatic heterocycles. The highest BCUT2D eigenvalue weighted by atomic mass is 15.5. The number of hydrogen-bond donors (Lipinski definition) is 0. The molecule has 0 saturated carbocycles. The van der Waals surface area contributed by atoms with Crippen molar-refractivity contribution in [2.24, 2.45) is 0 Å². The molecule has 1 aliphatic heterocycles. The zero-order valence-electron chi connectivity index (χ0n) is 13.6. The number of rotatable bonds is 4. The molecule has 1 fully saturated rings. The smallest absolute Gasteiger partial charge is 0.125 e. The predicted octanol–water partition coefficient (Wildman–Crippen LogP) is 0.672. The first-order valence-electron chi connectivity index (χ1n) is 7.58. The minimum atomic E-state index is 0.321. The lowest BCUT2D eigenvalue weighted by molar-refractivity contribution is 0.237. The third kappa shape index (κ3) is 3.15. The molecule has 22 heavy (non-hydrogen) atoms. The first kappa shape index (κ1) is 15.1. The van der Waals surface area contributed by atoms with Gasteiger partial charge in [0.05, 0.1) is 17.9 Å². The van der Waals surface area contributed by atoms with Gasteiger partial charge in [-0.2, -0.15) is 0 Å². The molecule has 7 nitrogen and oxygen atoms in total. The quantitative estimate of drug-likeness (QED) is 0.827. The van der Waals surface area contributed by atoms with Crippen molar-refractivity contribution in [3.05, 3.63) is 35.7 Å². The molecule has 0 spiro atoms. The zero-order valence-corrected chi connectivity index (χ0v) is 13.6. The van der Waals surface area contributed by atoms with Crippen molar-refractivity contribution in [3.63, 3.8) is 0 Å². The Bertz CT molecular complexity index is 603. The Labute approximate surface area is 131 Å². The van der Waals surface area contributed by atoms with E-state index in [0.29, 0.717) is 12.1 Å². The third-order valence-corrected chi connectivity index (χ3v) is 4.18. The van der Waals surface area contributed by atoms with Crippen LogP contribution in [0.1, 0.15) is 23.3 Å². The first-order valence-corrected chi connectivity index (χ1v) is 7.58. The molecular weight excluding hydrogens is 278 g/mol. The maximum absolute atomic E-state index is 4.55. The van der Waals surface area contributed by atoms with Gasteiger partial charge in [-0.05, 0) is 34.0 Å². The average Bonchev–Trinajstić information content (AvgIpc) is 3.05. The van der Waals surface area contributed by atoms with E-state index in [9.17, 15) is 0 Å². The second-order valence-electron chi connectivity index (χ2n) is 6.22.